The van der Waals surface area contributed by atoms with E-state index in [1.165, 1.54) is 14.2 Å². The van der Waals surface area contributed by atoms with Gasteiger partial charge >= 0.3 is 0 Å². The summed E-state index contributed by atoms with van der Waals surface area (Å²) >= 11 is 0. The summed E-state index contributed by atoms with van der Waals surface area (Å²) in [5, 5.41) is 19.4. The van der Waals surface area contributed by atoms with Gasteiger partial charge in [-0.15, -0.1) is 0 Å². The third-order valence-electron chi connectivity index (χ3n) is 3.48. The van der Waals surface area contributed by atoms with E-state index in [0.717, 1.165) is 0 Å². The molecule has 1 aliphatic heterocycles. The van der Waals surface area contributed by atoms with Crippen LogP contribution in [0.1, 0.15) is 0 Å². The van der Waals surface area contributed by atoms with Crippen molar-refractivity contribution >= 4 is 5.69 Å². The van der Waals surface area contributed by atoms with Crippen molar-refractivity contribution in [1.29, 1.82) is 0 Å². The smallest absolute Gasteiger partial charge is 0.229 e. The molecule has 0 aliphatic carbocycles. The number of nitrogen functional groups attached to an aromatic ring is 1. The number of nitrogens with two attached hydrogens (primary N) is 1. The molecule has 0 amide bonds. The molecule has 0 bridgehead atoms. The predicted octanol–water partition coefficient (Wildman–Crippen LogP) is -0.244. The largest absolute Gasteiger partial charge is 0.462 e. The second-order valence-electron chi connectivity index (χ2n) is 4.80. The second-order valence-corrected chi connectivity index (χ2v) is 4.80. The van der Waals surface area contributed by atoms with Gasteiger partial charge in [0.2, 0.25) is 6.29 Å². The lowest BCUT2D eigenvalue weighted by Crippen LogP contribution is -2.61. The summed E-state index contributed by atoms with van der Waals surface area (Å²) in [5.74, 6) is 0.541. The summed E-state index contributed by atoms with van der Waals surface area (Å²) in [6.07, 6.45) is -3.93. The maximum Gasteiger partial charge on any atom is 0.229 e. The van der Waals surface area contributed by atoms with Crippen molar-refractivity contribution in [2.45, 2.75) is 30.7 Å². The van der Waals surface area contributed by atoms with Crippen molar-refractivity contribution in [3.8, 4) is 5.75 Å². The van der Waals surface area contributed by atoms with Crippen LogP contribution < -0.4 is 10.5 Å². The number of anilines is 1. The summed E-state index contributed by atoms with van der Waals surface area (Å²) in [6, 6.07) is 6.80. The molecule has 1 aromatic rings. The highest BCUT2D eigenvalue weighted by Gasteiger charge is 2.47. The first-order valence-corrected chi connectivity index (χ1v) is 6.63. The maximum atomic E-state index is 10.1. The minimum Gasteiger partial charge on any atom is -0.462 e. The topological polar surface area (TPSA) is 103 Å². The Morgan fingerprint density at radius 1 is 1.14 bits per heavy atom. The molecule has 0 radical (unpaired) electrons. The van der Waals surface area contributed by atoms with Crippen LogP contribution in [0.3, 0.4) is 0 Å². The Morgan fingerprint density at radius 2 is 1.76 bits per heavy atom. The van der Waals surface area contributed by atoms with Crippen LogP contribution in [-0.4, -0.2) is 61.7 Å². The molecule has 7 nitrogen and oxygen atoms in total. The fourth-order valence-electron chi connectivity index (χ4n) is 2.34. The lowest BCUT2D eigenvalue weighted by atomic mass is 9.99. The summed E-state index contributed by atoms with van der Waals surface area (Å²) in [4.78, 5) is 0. The van der Waals surface area contributed by atoms with Gasteiger partial charge in [-0.05, 0) is 24.3 Å². The first kappa shape index (κ1) is 16.0. The molecule has 0 aromatic heterocycles. The Labute approximate surface area is 123 Å². The van der Waals surface area contributed by atoms with E-state index < -0.39 is 30.7 Å². The van der Waals surface area contributed by atoms with Gasteiger partial charge in [0, 0.05) is 19.9 Å². The van der Waals surface area contributed by atoms with Gasteiger partial charge in [-0.1, -0.05) is 0 Å². The summed E-state index contributed by atoms with van der Waals surface area (Å²) in [6.45, 7) is -0.348. The number of benzene rings is 1. The summed E-state index contributed by atoms with van der Waals surface area (Å²) < 4.78 is 21.9. The van der Waals surface area contributed by atoms with Gasteiger partial charge in [0.1, 0.15) is 30.2 Å². The van der Waals surface area contributed by atoms with Crippen molar-refractivity contribution in [3.63, 3.8) is 0 Å². The van der Waals surface area contributed by atoms with Crippen molar-refractivity contribution in [1.82, 2.24) is 0 Å². The number of aliphatic hydroxyl groups excluding tert-OH is 2. The lowest BCUT2D eigenvalue weighted by molar-refractivity contribution is -0.287. The van der Waals surface area contributed by atoms with Crippen molar-refractivity contribution in [2.75, 3.05) is 26.6 Å². The summed E-state index contributed by atoms with van der Waals surface area (Å²) in [7, 11) is 2.94. The third kappa shape index (κ3) is 3.45. The molecule has 0 unspecified atom stereocenters. The number of methoxy groups -OCH3 is 2. The number of hydrogen-bond donors (Lipinski definition) is 3. The Balaban J connectivity index is 2.16. The quantitative estimate of drug-likeness (QED) is 0.644. The van der Waals surface area contributed by atoms with Crippen molar-refractivity contribution in [2.24, 2.45) is 0 Å². The van der Waals surface area contributed by atoms with Gasteiger partial charge in [-0.2, -0.15) is 0 Å². The molecule has 1 fully saturated rings. The molecule has 1 heterocycles. The van der Waals surface area contributed by atoms with E-state index in [1.54, 1.807) is 24.3 Å². The van der Waals surface area contributed by atoms with E-state index in [-0.39, 0.29) is 6.61 Å². The van der Waals surface area contributed by atoms with Crippen LogP contribution >= 0.6 is 0 Å². The van der Waals surface area contributed by atoms with Crippen molar-refractivity contribution < 1.29 is 29.2 Å². The number of ether oxygens (including phenoxy) is 4. The molecule has 21 heavy (non-hydrogen) atoms. The van der Waals surface area contributed by atoms with Gasteiger partial charge in [-0.25, -0.2) is 0 Å². The Hall–Kier alpha value is -1.38. The number of rotatable bonds is 5. The van der Waals surface area contributed by atoms with Crippen LogP contribution in [0.4, 0.5) is 5.69 Å². The third-order valence-corrected chi connectivity index (χ3v) is 3.48. The van der Waals surface area contributed by atoms with E-state index in [9.17, 15) is 10.2 Å². The molecule has 118 valence electrons. The van der Waals surface area contributed by atoms with E-state index in [4.69, 9.17) is 24.7 Å². The van der Waals surface area contributed by atoms with Gasteiger partial charge in [0.25, 0.3) is 0 Å². The monoisotopic (exact) mass is 299 g/mol. The van der Waals surface area contributed by atoms with E-state index in [1.807, 2.05) is 0 Å². The molecule has 1 aromatic carbocycles. The summed E-state index contributed by atoms with van der Waals surface area (Å²) in [5.41, 5.74) is 6.24. The fourth-order valence-corrected chi connectivity index (χ4v) is 2.34. The Bertz CT molecular complexity index is 440. The van der Waals surface area contributed by atoms with Gasteiger partial charge < -0.3 is 34.9 Å². The zero-order chi connectivity index (χ0) is 15.4. The average Bonchev–Trinajstić information content (AvgIpc) is 2.50. The second kappa shape index (κ2) is 7.06. The highest BCUT2D eigenvalue weighted by Crippen LogP contribution is 2.27. The average molecular weight is 299 g/mol. The molecule has 1 saturated heterocycles. The standard InChI is InChI=1S/C14H21NO6/c1-18-12-11(17)10(7-16)21-14(13(12)19-2)20-9-5-3-8(15)4-6-9/h3-6,10-14,16-17H,7,15H2,1-2H3/t10-,11+,12+,13-,14-/m1/s1. The minimum atomic E-state index is -1.00. The zero-order valence-corrected chi connectivity index (χ0v) is 12.0. The van der Waals surface area contributed by atoms with E-state index in [0.29, 0.717) is 11.4 Å². The highest BCUT2D eigenvalue weighted by atomic mass is 16.7. The van der Waals surface area contributed by atoms with Crippen LogP contribution in [0, 0.1) is 0 Å². The number of hydrogen-bond acceptors (Lipinski definition) is 7. The highest BCUT2D eigenvalue weighted by molar-refractivity contribution is 5.41. The van der Waals surface area contributed by atoms with Crippen LogP contribution in [0.5, 0.6) is 5.75 Å². The molecule has 0 saturated carbocycles. The van der Waals surface area contributed by atoms with Crippen LogP contribution in [0.15, 0.2) is 24.3 Å². The Kier molecular flexibility index (Phi) is 5.38. The molecule has 2 rings (SSSR count). The van der Waals surface area contributed by atoms with Crippen molar-refractivity contribution in [3.05, 3.63) is 24.3 Å². The molecular formula is C14H21NO6. The fraction of sp³-hybridized carbons (Fsp3) is 0.571. The molecule has 0 spiro atoms. The van der Waals surface area contributed by atoms with Crippen LogP contribution in [-0.2, 0) is 14.2 Å². The normalized spacial score (nSPS) is 32.9. The molecular weight excluding hydrogens is 278 g/mol. The Morgan fingerprint density at radius 3 is 2.29 bits per heavy atom. The van der Waals surface area contributed by atoms with Gasteiger partial charge in [-0.3, -0.25) is 0 Å². The maximum absolute atomic E-state index is 10.1. The van der Waals surface area contributed by atoms with Crippen LogP contribution in [0.2, 0.25) is 0 Å². The first-order chi connectivity index (χ1) is 10.1. The van der Waals surface area contributed by atoms with Gasteiger partial charge in [0.05, 0.1) is 6.61 Å². The number of aliphatic hydroxyl groups is 2. The van der Waals surface area contributed by atoms with Gasteiger partial charge in [0.15, 0.2) is 0 Å². The van der Waals surface area contributed by atoms with E-state index >= 15 is 0 Å². The predicted molar refractivity (Wildman–Crippen MR) is 74.8 cm³/mol. The molecule has 7 heteroatoms. The van der Waals surface area contributed by atoms with E-state index in [2.05, 4.69) is 0 Å². The molecule has 5 atom stereocenters. The lowest BCUT2D eigenvalue weighted by Gasteiger charge is -2.42. The first-order valence-electron chi connectivity index (χ1n) is 6.63. The SMILES string of the molecule is CO[C@H]1[C@H](Oc2ccc(N)cc2)O[C@H](CO)[C@H](O)[C@@H]1OC. The molecule has 4 N–H and O–H groups in total. The van der Waals surface area contributed by atoms with Crippen LogP contribution in [0.25, 0.3) is 0 Å². The minimum absolute atomic E-state index is 0.348. The molecule has 1 aliphatic rings. The zero-order valence-electron chi connectivity index (χ0n) is 12.0.